The minimum absolute atomic E-state index is 0.0900. The SMILES string of the molecule is COc1ccc(NC(=O)C[C@H]2SC(=NS(=O)(=O)c3ccc(F)cc3)N(c3ccccc3)C2=O)cc1. The van der Waals surface area contributed by atoms with Gasteiger partial charge in [-0.05, 0) is 60.7 Å². The Bertz CT molecular complexity index is 1360. The van der Waals surface area contributed by atoms with Crippen LogP contribution in [0.5, 0.6) is 5.75 Å². The van der Waals surface area contributed by atoms with E-state index in [0.29, 0.717) is 17.1 Å². The topological polar surface area (TPSA) is 105 Å². The van der Waals surface area contributed by atoms with Gasteiger partial charge >= 0.3 is 0 Å². The molecule has 1 heterocycles. The van der Waals surface area contributed by atoms with E-state index in [0.717, 1.165) is 36.0 Å². The lowest BCUT2D eigenvalue weighted by atomic mass is 10.2. The summed E-state index contributed by atoms with van der Waals surface area (Å²) in [5, 5.41) is 1.73. The van der Waals surface area contributed by atoms with E-state index in [4.69, 9.17) is 4.74 Å². The van der Waals surface area contributed by atoms with Crippen LogP contribution in [0.3, 0.4) is 0 Å². The number of nitrogens with one attached hydrogen (secondary N) is 1. The number of thioether (sulfide) groups is 1. The summed E-state index contributed by atoms with van der Waals surface area (Å²) in [7, 11) is -2.71. The van der Waals surface area contributed by atoms with Crippen LogP contribution in [-0.2, 0) is 19.6 Å². The van der Waals surface area contributed by atoms with Gasteiger partial charge in [0.05, 0.1) is 17.7 Å². The minimum Gasteiger partial charge on any atom is -0.497 e. The van der Waals surface area contributed by atoms with E-state index in [-0.39, 0.29) is 16.5 Å². The standard InChI is InChI=1S/C24H20FN3O5S2/c1-33-19-11-9-17(10-12-19)26-22(29)15-21-23(30)28(18-5-3-2-4-6-18)24(34-21)27-35(31,32)20-13-7-16(25)8-14-20/h2-14,21H,15H2,1H3,(H,26,29)/t21-/m1/s1. The smallest absolute Gasteiger partial charge is 0.284 e. The van der Waals surface area contributed by atoms with Crippen molar-refractivity contribution in [3.05, 3.63) is 84.7 Å². The summed E-state index contributed by atoms with van der Waals surface area (Å²) >= 11 is 0.884. The number of benzene rings is 3. The number of sulfonamides is 1. The summed E-state index contributed by atoms with van der Waals surface area (Å²) in [5.74, 6) is -0.849. The molecule has 35 heavy (non-hydrogen) atoms. The van der Waals surface area contributed by atoms with E-state index < -0.39 is 32.9 Å². The largest absolute Gasteiger partial charge is 0.497 e. The molecule has 11 heteroatoms. The van der Waals surface area contributed by atoms with Gasteiger partial charge in [0.25, 0.3) is 10.0 Å². The van der Waals surface area contributed by atoms with Gasteiger partial charge in [0.2, 0.25) is 11.8 Å². The van der Waals surface area contributed by atoms with Gasteiger partial charge in [-0.3, -0.25) is 14.5 Å². The fourth-order valence-corrected chi connectivity index (χ4v) is 5.63. The number of hydrogen-bond donors (Lipinski definition) is 1. The lowest BCUT2D eigenvalue weighted by Crippen LogP contribution is -2.33. The summed E-state index contributed by atoms with van der Waals surface area (Å²) in [4.78, 5) is 26.8. The summed E-state index contributed by atoms with van der Waals surface area (Å²) in [5.41, 5.74) is 0.940. The van der Waals surface area contributed by atoms with Crippen LogP contribution in [0.1, 0.15) is 6.42 Å². The van der Waals surface area contributed by atoms with Gasteiger partial charge in [0, 0.05) is 12.1 Å². The van der Waals surface area contributed by atoms with Crippen LogP contribution in [0.25, 0.3) is 0 Å². The van der Waals surface area contributed by atoms with Crippen LogP contribution in [0.2, 0.25) is 0 Å². The molecule has 1 aliphatic rings. The monoisotopic (exact) mass is 513 g/mol. The highest BCUT2D eigenvalue weighted by Crippen LogP contribution is 2.35. The van der Waals surface area contributed by atoms with Crippen LogP contribution < -0.4 is 15.0 Å². The number of amides is 2. The molecular weight excluding hydrogens is 493 g/mol. The Kier molecular flexibility index (Phi) is 7.17. The van der Waals surface area contributed by atoms with Gasteiger partial charge in [-0.25, -0.2) is 4.39 Å². The van der Waals surface area contributed by atoms with Crippen molar-refractivity contribution in [2.24, 2.45) is 4.40 Å². The molecular formula is C24H20FN3O5S2. The third-order valence-corrected chi connectivity index (χ3v) is 7.54. The molecule has 1 aliphatic heterocycles. The van der Waals surface area contributed by atoms with Gasteiger partial charge in [-0.15, -0.1) is 4.40 Å². The Hall–Kier alpha value is -3.70. The first-order valence-corrected chi connectivity index (χ1v) is 12.7. The second kappa shape index (κ2) is 10.3. The number of halogens is 1. The number of nitrogens with zero attached hydrogens (tertiary/aromatic N) is 2. The van der Waals surface area contributed by atoms with Crippen molar-refractivity contribution in [1.29, 1.82) is 0 Å². The fraction of sp³-hybridized carbons (Fsp3) is 0.125. The van der Waals surface area contributed by atoms with E-state index in [1.165, 1.54) is 12.0 Å². The molecule has 0 bridgehead atoms. The Morgan fingerprint density at radius 1 is 1.06 bits per heavy atom. The number of amidine groups is 1. The van der Waals surface area contributed by atoms with Crippen molar-refractivity contribution >= 4 is 50.1 Å². The summed E-state index contributed by atoms with van der Waals surface area (Å²) in [6, 6.07) is 19.4. The molecule has 0 saturated carbocycles. The van der Waals surface area contributed by atoms with E-state index in [1.54, 1.807) is 54.6 Å². The number of hydrogen-bond acceptors (Lipinski definition) is 6. The Morgan fingerprint density at radius 2 is 1.71 bits per heavy atom. The molecule has 0 aliphatic carbocycles. The molecule has 4 rings (SSSR count). The Balaban J connectivity index is 1.59. The highest BCUT2D eigenvalue weighted by molar-refractivity contribution is 8.16. The lowest BCUT2D eigenvalue weighted by Gasteiger charge is -2.16. The van der Waals surface area contributed by atoms with Crippen molar-refractivity contribution in [1.82, 2.24) is 0 Å². The number of methoxy groups -OCH3 is 1. The summed E-state index contributed by atoms with van der Waals surface area (Å²) in [6.45, 7) is 0. The molecule has 180 valence electrons. The zero-order valence-electron chi connectivity index (χ0n) is 18.4. The highest BCUT2D eigenvalue weighted by atomic mass is 32.2. The maximum atomic E-state index is 13.2. The van der Waals surface area contributed by atoms with Crippen molar-refractivity contribution in [2.75, 3.05) is 17.3 Å². The molecule has 0 radical (unpaired) electrons. The predicted octanol–water partition coefficient (Wildman–Crippen LogP) is 4.06. The van der Waals surface area contributed by atoms with Crippen LogP contribution in [0, 0.1) is 5.82 Å². The van der Waals surface area contributed by atoms with E-state index in [1.807, 2.05) is 0 Å². The normalized spacial score (nSPS) is 17.0. The van der Waals surface area contributed by atoms with Crippen molar-refractivity contribution in [3.63, 3.8) is 0 Å². The predicted molar refractivity (Wildman–Crippen MR) is 133 cm³/mol. The average Bonchev–Trinajstić information content (AvgIpc) is 3.13. The maximum absolute atomic E-state index is 13.2. The quantitative estimate of drug-likeness (QED) is 0.511. The number of carbonyl (C=O) groups excluding carboxylic acids is 2. The maximum Gasteiger partial charge on any atom is 0.284 e. The molecule has 3 aromatic rings. The van der Waals surface area contributed by atoms with E-state index in [9.17, 15) is 22.4 Å². The molecule has 0 unspecified atom stereocenters. The van der Waals surface area contributed by atoms with E-state index >= 15 is 0 Å². The summed E-state index contributed by atoms with van der Waals surface area (Å²) in [6.07, 6.45) is -0.200. The van der Waals surface area contributed by atoms with E-state index in [2.05, 4.69) is 9.71 Å². The van der Waals surface area contributed by atoms with Gasteiger partial charge in [0.1, 0.15) is 16.8 Å². The van der Waals surface area contributed by atoms with Gasteiger partial charge in [-0.2, -0.15) is 8.42 Å². The lowest BCUT2D eigenvalue weighted by molar-refractivity contribution is -0.121. The van der Waals surface area contributed by atoms with Gasteiger partial charge in [0.15, 0.2) is 5.17 Å². The van der Waals surface area contributed by atoms with Crippen LogP contribution in [0.15, 0.2) is 88.2 Å². The Morgan fingerprint density at radius 3 is 2.34 bits per heavy atom. The van der Waals surface area contributed by atoms with Crippen LogP contribution in [0.4, 0.5) is 15.8 Å². The molecule has 3 aromatic carbocycles. The van der Waals surface area contributed by atoms with Crippen molar-refractivity contribution in [3.8, 4) is 5.75 Å². The average molecular weight is 514 g/mol. The number of ether oxygens (including phenoxy) is 1. The number of para-hydroxylation sites is 1. The first-order valence-electron chi connectivity index (χ1n) is 10.4. The zero-order valence-corrected chi connectivity index (χ0v) is 20.1. The molecule has 1 atom stereocenters. The molecule has 0 aromatic heterocycles. The number of rotatable bonds is 7. The molecule has 8 nitrogen and oxygen atoms in total. The molecule has 0 spiro atoms. The fourth-order valence-electron chi connectivity index (χ4n) is 3.29. The third-order valence-electron chi connectivity index (χ3n) is 5.00. The molecule has 2 amide bonds. The van der Waals surface area contributed by atoms with Crippen molar-refractivity contribution < 1.29 is 27.1 Å². The Labute approximate surface area is 205 Å². The van der Waals surface area contributed by atoms with Gasteiger partial charge in [-0.1, -0.05) is 30.0 Å². The molecule has 1 saturated heterocycles. The van der Waals surface area contributed by atoms with Crippen molar-refractivity contribution in [2.45, 2.75) is 16.6 Å². The zero-order chi connectivity index (χ0) is 25.0. The highest BCUT2D eigenvalue weighted by Gasteiger charge is 2.41. The molecule has 1 N–H and O–H groups in total. The van der Waals surface area contributed by atoms with Crippen LogP contribution >= 0.6 is 11.8 Å². The number of carbonyl (C=O) groups is 2. The second-order valence-corrected chi connectivity index (χ2v) is 10.2. The first kappa shape index (κ1) is 24.4. The summed E-state index contributed by atoms with van der Waals surface area (Å²) < 4.78 is 47.9. The van der Waals surface area contributed by atoms with Gasteiger partial charge < -0.3 is 10.1 Å². The third kappa shape index (κ3) is 5.69. The number of anilines is 2. The minimum atomic E-state index is -4.24. The first-order chi connectivity index (χ1) is 16.8. The second-order valence-electron chi connectivity index (χ2n) is 7.40. The van der Waals surface area contributed by atoms with Crippen LogP contribution in [-0.4, -0.2) is 37.8 Å². The molecule has 1 fully saturated rings.